The van der Waals surface area contributed by atoms with E-state index in [2.05, 4.69) is 51.6 Å². The van der Waals surface area contributed by atoms with Crippen molar-refractivity contribution in [1.29, 1.82) is 0 Å². The molecule has 7 aliphatic rings. The number of aliphatic hydroxyl groups is 2. The Morgan fingerprint density at radius 3 is 1.50 bits per heavy atom. The fourth-order valence-electron chi connectivity index (χ4n) is 11.0. The van der Waals surface area contributed by atoms with Gasteiger partial charge in [-0.15, -0.1) is 0 Å². The van der Waals surface area contributed by atoms with Crippen LogP contribution in [0.25, 0.3) is 0 Å². The van der Waals surface area contributed by atoms with Gasteiger partial charge in [0.25, 0.3) is 0 Å². The van der Waals surface area contributed by atoms with Crippen LogP contribution in [0.2, 0.25) is 0 Å². The standard InChI is InChI=1S/C27H46N2O3/c1-14(2)18(12-30)28(5)9-7-26-22-16-11-17-21-20(16)24(26)25(21)27(32-26,23(17)22)8-10-29(6)19(13-31)15(3)4/h14-25,30-31H,7-13H2,1-6H3/t16?,17?,18-,19-,20?,21?,22?,23?,24?,25?,26?,27?/m1/s1. The first-order valence-electron chi connectivity index (χ1n) is 13.6. The fraction of sp³-hybridized carbons (Fsp3) is 1.00. The number of nitrogens with zero attached hydrogens (tertiary/aromatic N) is 2. The summed E-state index contributed by atoms with van der Waals surface area (Å²) in [6.07, 6.45) is 3.81. The van der Waals surface area contributed by atoms with Gasteiger partial charge >= 0.3 is 0 Å². The first-order chi connectivity index (χ1) is 15.2. The van der Waals surface area contributed by atoms with Crippen molar-refractivity contribution in [1.82, 2.24) is 9.80 Å². The van der Waals surface area contributed by atoms with Crippen molar-refractivity contribution in [2.75, 3.05) is 40.4 Å². The number of aliphatic hydroxyl groups excluding tert-OH is 2. The maximum Gasteiger partial charge on any atom is 0.0771 e. The molecule has 2 aliphatic heterocycles. The summed E-state index contributed by atoms with van der Waals surface area (Å²) in [7, 11) is 4.40. The van der Waals surface area contributed by atoms with Gasteiger partial charge in [-0.3, -0.25) is 0 Å². The summed E-state index contributed by atoms with van der Waals surface area (Å²) in [4.78, 5) is 4.81. The number of rotatable bonds is 12. The molecule has 0 aromatic rings. The molecule has 0 spiro atoms. The molecule has 0 aromatic carbocycles. The zero-order valence-corrected chi connectivity index (χ0v) is 21.1. The van der Waals surface area contributed by atoms with Gasteiger partial charge in [-0.2, -0.15) is 0 Å². The Balaban J connectivity index is 1.21. The Labute approximate surface area is 194 Å². The van der Waals surface area contributed by atoms with Gasteiger partial charge in [0.2, 0.25) is 0 Å². The van der Waals surface area contributed by atoms with E-state index in [1.165, 1.54) is 6.42 Å². The molecule has 10 unspecified atom stereocenters. The van der Waals surface area contributed by atoms with Crippen molar-refractivity contribution in [3.8, 4) is 0 Å². The molecule has 0 amide bonds. The van der Waals surface area contributed by atoms with E-state index in [0.29, 0.717) is 11.8 Å². The topological polar surface area (TPSA) is 56.2 Å². The van der Waals surface area contributed by atoms with Gasteiger partial charge in [-0.1, -0.05) is 27.7 Å². The lowest BCUT2D eigenvalue weighted by Gasteiger charge is -2.48. The van der Waals surface area contributed by atoms with E-state index >= 15 is 0 Å². The molecule has 2 N–H and O–H groups in total. The highest BCUT2D eigenvalue weighted by molar-refractivity contribution is 5.43. The van der Waals surface area contributed by atoms with E-state index in [0.717, 1.165) is 73.3 Å². The van der Waals surface area contributed by atoms with E-state index in [1.807, 2.05) is 0 Å². The van der Waals surface area contributed by atoms with E-state index in [4.69, 9.17) is 4.74 Å². The second-order valence-corrected chi connectivity index (χ2v) is 13.3. The third-order valence-electron chi connectivity index (χ3n) is 11.9. The molecule has 5 saturated carbocycles. The van der Waals surface area contributed by atoms with Gasteiger partial charge in [0.15, 0.2) is 0 Å². The SMILES string of the molecule is CC(C)[C@@H](CO)N(C)CCC12OC3(CCN(C)[C@H](CO)C(C)C)C4C5CC(C6C5C3C61)C42. The Morgan fingerprint density at radius 2 is 1.16 bits per heavy atom. The molecule has 0 aromatic heterocycles. The van der Waals surface area contributed by atoms with E-state index < -0.39 is 0 Å². The zero-order valence-electron chi connectivity index (χ0n) is 21.1. The molecular formula is C27H46N2O3. The van der Waals surface area contributed by atoms with Gasteiger partial charge in [0, 0.05) is 25.2 Å². The van der Waals surface area contributed by atoms with Crippen LogP contribution in [-0.2, 0) is 4.74 Å². The van der Waals surface area contributed by atoms with E-state index in [1.54, 1.807) is 0 Å². The number of hydrogen-bond acceptors (Lipinski definition) is 5. The van der Waals surface area contributed by atoms with E-state index in [-0.39, 0.29) is 36.5 Å². The average Bonchev–Trinajstić information content (AvgIpc) is 3.37. The molecule has 0 radical (unpaired) electrons. The number of ether oxygens (including phenoxy) is 1. The van der Waals surface area contributed by atoms with Gasteiger partial charge in [0.1, 0.15) is 0 Å². The third-order valence-corrected chi connectivity index (χ3v) is 11.9. The second-order valence-electron chi connectivity index (χ2n) is 13.3. The maximum absolute atomic E-state index is 9.92. The summed E-state index contributed by atoms with van der Waals surface area (Å²) in [5.74, 6) is 8.02. The summed E-state index contributed by atoms with van der Waals surface area (Å²) in [6, 6.07) is 0.488. The molecular weight excluding hydrogens is 400 g/mol. The maximum atomic E-state index is 9.92. The molecule has 2 heterocycles. The Morgan fingerprint density at radius 1 is 0.750 bits per heavy atom. The molecule has 7 rings (SSSR count). The van der Waals surface area contributed by atoms with Gasteiger partial charge in [-0.05, 0) is 92.5 Å². The van der Waals surface area contributed by atoms with Crippen LogP contribution in [0.3, 0.4) is 0 Å². The number of hydrogen-bond donors (Lipinski definition) is 2. The van der Waals surface area contributed by atoms with Crippen molar-refractivity contribution >= 4 is 0 Å². The molecule has 12 atom stereocenters. The highest BCUT2D eigenvalue weighted by Gasteiger charge is 2.96. The third kappa shape index (κ3) is 2.39. The summed E-state index contributed by atoms with van der Waals surface area (Å²) in [5.41, 5.74) is 0.259. The normalized spacial score (nSPS) is 50.2. The smallest absolute Gasteiger partial charge is 0.0771 e. The van der Waals surface area contributed by atoms with Crippen LogP contribution < -0.4 is 0 Å². The Bertz CT molecular complexity index is 695. The predicted molar refractivity (Wildman–Crippen MR) is 125 cm³/mol. The van der Waals surface area contributed by atoms with Gasteiger partial charge in [-0.25, -0.2) is 0 Å². The van der Waals surface area contributed by atoms with Crippen molar-refractivity contribution < 1.29 is 14.9 Å². The average molecular weight is 447 g/mol. The quantitative estimate of drug-likeness (QED) is 0.483. The number of likely N-dealkylation sites (N-methyl/N-ethyl adjacent to an activating group) is 2. The van der Waals surface area contributed by atoms with Crippen LogP contribution in [0.5, 0.6) is 0 Å². The largest absolute Gasteiger partial charge is 0.395 e. The monoisotopic (exact) mass is 446 g/mol. The Hall–Kier alpha value is -0.200. The molecule has 5 aliphatic carbocycles. The van der Waals surface area contributed by atoms with Crippen LogP contribution in [-0.4, -0.2) is 83.7 Å². The van der Waals surface area contributed by atoms with Crippen LogP contribution >= 0.6 is 0 Å². The lowest BCUT2D eigenvalue weighted by molar-refractivity contribution is -0.0875. The highest BCUT2D eigenvalue weighted by atomic mass is 16.5. The molecule has 4 bridgehead atoms. The molecule has 182 valence electrons. The highest BCUT2D eigenvalue weighted by Crippen LogP contribution is 2.93. The molecule has 32 heavy (non-hydrogen) atoms. The van der Waals surface area contributed by atoms with Crippen LogP contribution in [0.15, 0.2) is 0 Å². The summed E-state index contributed by atoms with van der Waals surface area (Å²) < 4.78 is 7.41. The lowest BCUT2D eigenvalue weighted by atomic mass is 9.54. The van der Waals surface area contributed by atoms with Gasteiger partial charge in [0.05, 0.1) is 24.4 Å². The van der Waals surface area contributed by atoms with Crippen molar-refractivity contribution in [2.24, 2.45) is 59.2 Å². The first kappa shape index (κ1) is 22.3. The van der Waals surface area contributed by atoms with Crippen molar-refractivity contribution in [3.05, 3.63) is 0 Å². The minimum Gasteiger partial charge on any atom is -0.395 e. The summed E-state index contributed by atoms with van der Waals surface area (Å²) >= 11 is 0. The minimum absolute atomic E-state index is 0.130. The lowest BCUT2D eigenvalue weighted by Crippen LogP contribution is -2.53. The molecule has 5 nitrogen and oxygen atoms in total. The summed E-state index contributed by atoms with van der Waals surface area (Å²) in [5, 5.41) is 19.8. The molecule has 5 heteroatoms. The van der Waals surface area contributed by atoms with Crippen molar-refractivity contribution in [3.63, 3.8) is 0 Å². The van der Waals surface area contributed by atoms with Crippen LogP contribution in [0, 0.1) is 59.2 Å². The zero-order chi connectivity index (χ0) is 22.7. The van der Waals surface area contributed by atoms with E-state index in [9.17, 15) is 10.2 Å². The second kappa shape index (κ2) is 7.16. The minimum atomic E-state index is 0.130. The summed E-state index contributed by atoms with van der Waals surface area (Å²) in [6.45, 7) is 11.5. The van der Waals surface area contributed by atoms with Gasteiger partial charge < -0.3 is 24.7 Å². The fourth-order valence-corrected chi connectivity index (χ4v) is 11.0. The van der Waals surface area contributed by atoms with Crippen LogP contribution in [0.4, 0.5) is 0 Å². The van der Waals surface area contributed by atoms with Crippen molar-refractivity contribution in [2.45, 2.75) is 70.2 Å². The Kier molecular flexibility index (Phi) is 4.99. The first-order valence-corrected chi connectivity index (χ1v) is 13.6. The molecule has 7 fully saturated rings. The predicted octanol–water partition coefficient (Wildman–Crippen LogP) is 2.56. The molecule has 2 saturated heterocycles. The van der Waals surface area contributed by atoms with Crippen LogP contribution in [0.1, 0.15) is 47.0 Å².